The van der Waals surface area contributed by atoms with E-state index in [4.69, 9.17) is 14.6 Å². The molecule has 122 valence electrons. The van der Waals surface area contributed by atoms with Crippen LogP contribution in [0.5, 0.6) is 5.75 Å². The Morgan fingerprint density at radius 2 is 2.18 bits per heavy atom. The van der Waals surface area contributed by atoms with E-state index in [0.717, 1.165) is 44.8 Å². The van der Waals surface area contributed by atoms with Crippen molar-refractivity contribution >= 4 is 0 Å². The monoisotopic (exact) mass is 305 g/mol. The van der Waals surface area contributed by atoms with Crippen molar-refractivity contribution in [2.24, 2.45) is 5.41 Å². The van der Waals surface area contributed by atoms with Crippen molar-refractivity contribution in [3.05, 3.63) is 29.8 Å². The number of hydrogen-bond donors (Lipinski definition) is 1. The highest BCUT2D eigenvalue weighted by atomic mass is 16.5. The van der Waals surface area contributed by atoms with Crippen LogP contribution >= 0.6 is 0 Å². The number of nitrogens with zero attached hydrogens (tertiary/aromatic N) is 1. The molecular weight excluding hydrogens is 278 g/mol. The van der Waals surface area contributed by atoms with Gasteiger partial charge in [-0.15, -0.1) is 0 Å². The van der Waals surface area contributed by atoms with Gasteiger partial charge in [-0.1, -0.05) is 12.1 Å². The predicted molar refractivity (Wildman–Crippen MR) is 86.2 cm³/mol. The van der Waals surface area contributed by atoms with Crippen LogP contribution in [0.2, 0.25) is 0 Å². The first kappa shape index (κ1) is 15.8. The fourth-order valence-electron chi connectivity index (χ4n) is 3.83. The third kappa shape index (κ3) is 3.62. The third-order valence-corrected chi connectivity index (χ3v) is 5.22. The van der Waals surface area contributed by atoms with Crippen LogP contribution in [0.3, 0.4) is 0 Å². The SMILES string of the molecule is COc1cccc(C[C@@H]2CC3(CCN(CCO)CC3)CO2)c1. The Morgan fingerprint density at radius 1 is 1.36 bits per heavy atom. The lowest BCUT2D eigenvalue weighted by Crippen LogP contribution is -2.41. The van der Waals surface area contributed by atoms with Crippen LogP contribution in [0.25, 0.3) is 0 Å². The minimum atomic E-state index is 0.266. The van der Waals surface area contributed by atoms with Crippen molar-refractivity contribution in [3.8, 4) is 5.75 Å². The zero-order valence-electron chi connectivity index (χ0n) is 13.5. The molecule has 0 unspecified atom stereocenters. The fourth-order valence-corrected chi connectivity index (χ4v) is 3.83. The van der Waals surface area contributed by atoms with E-state index in [1.54, 1.807) is 7.11 Å². The molecule has 2 aliphatic heterocycles. The summed E-state index contributed by atoms with van der Waals surface area (Å²) in [6, 6.07) is 8.29. The molecule has 0 amide bonds. The fraction of sp³-hybridized carbons (Fsp3) is 0.667. The van der Waals surface area contributed by atoms with Crippen molar-refractivity contribution in [2.45, 2.75) is 31.8 Å². The third-order valence-electron chi connectivity index (χ3n) is 5.22. The Bertz CT molecular complexity index is 483. The number of piperidine rings is 1. The molecule has 22 heavy (non-hydrogen) atoms. The van der Waals surface area contributed by atoms with Gasteiger partial charge in [-0.3, -0.25) is 0 Å². The number of aliphatic hydroxyl groups excluding tert-OH is 1. The lowest BCUT2D eigenvalue weighted by Gasteiger charge is -2.38. The summed E-state index contributed by atoms with van der Waals surface area (Å²) in [6.45, 7) is 4.16. The number of hydrogen-bond acceptors (Lipinski definition) is 4. The molecule has 2 fully saturated rings. The second-order valence-corrected chi connectivity index (χ2v) is 6.76. The maximum Gasteiger partial charge on any atom is 0.119 e. The smallest absolute Gasteiger partial charge is 0.119 e. The van der Waals surface area contributed by atoms with Crippen LogP contribution in [0, 0.1) is 5.41 Å². The molecule has 1 spiro atoms. The van der Waals surface area contributed by atoms with Crippen LogP contribution in [0.15, 0.2) is 24.3 Å². The van der Waals surface area contributed by atoms with Gasteiger partial charge in [0.15, 0.2) is 0 Å². The van der Waals surface area contributed by atoms with Crippen LogP contribution < -0.4 is 4.74 Å². The maximum absolute atomic E-state index is 9.05. The highest BCUT2D eigenvalue weighted by Crippen LogP contribution is 2.42. The molecule has 4 heteroatoms. The van der Waals surface area contributed by atoms with Gasteiger partial charge in [-0.25, -0.2) is 0 Å². The van der Waals surface area contributed by atoms with Crippen LogP contribution in [-0.4, -0.2) is 56.1 Å². The van der Waals surface area contributed by atoms with Gasteiger partial charge in [-0.2, -0.15) is 0 Å². The average molecular weight is 305 g/mol. The number of likely N-dealkylation sites (tertiary alicyclic amines) is 1. The number of aliphatic hydroxyl groups is 1. The zero-order chi connectivity index (χ0) is 15.4. The van der Waals surface area contributed by atoms with E-state index >= 15 is 0 Å². The summed E-state index contributed by atoms with van der Waals surface area (Å²) in [5.41, 5.74) is 1.66. The van der Waals surface area contributed by atoms with E-state index in [0.29, 0.717) is 11.5 Å². The van der Waals surface area contributed by atoms with E-state index < -0.39 is 0 Å². The second-order valence-electron chi connectivity index (χ2n) is 6.76. The number of β-amino-alcohol motifs (C(OH)–C–C–N with tert-alkyl or cyclic N) is 1. The van der Waals surface area contributed by atoms with E-state index in [2.05, 4.69) is 17.0 Å². The van der Waals surface area contributed by atoms with Gasteiger partial charge in [0.1, 0.15) is 5.75 Å². The van der Waals surface area contributed by atoms with E-state index in [-0.39, 0.29) is 6.61 Å². The molecule has 0 saturated carbocycles. The first-order chi connectivity index (χ1) is 10.7. The molecule has 2 heterocycles. The van der Waals surface area contributed by atoms with Crippen LogP contribution in [0.1, 0.15) is 24.8 Å². The average Bonchev–Trinajstić information content (AvgIpc) is 2.93. The van der Waals surface area contributed by atoms with Crippen LogP contribution in [-0.2, 0) is 11.2 Å². The van der Waals surface area contributed by atoms with E-state index in [9.17, 15) is 0 Å². The van der Waals surface area contributed by atoms with Gasteiger partial charge < -0.3 is 19.5 Å². The zero-order valence-corrected chi connectivity index (χ0v) is 13.5. The van der Waals surface area contributed by atoms with Gasteiger partial charge in [-0.05, 0) is 61.9 Å². The van der Waals surface area contributed by atoms with Gasteiger partial charge in [0.05, 0.1) is 26.4 Å². The highest BCUT2D eigenvalue weighted by Gasteiger charge is 2.42. The molecule has 0 radical (unpaired) electrons. The Hall–Kier alpha value is -1.10. The van der Waals surface area contributed by atoms with Gasteiger partial charge >= 0.3 is 0 Å². The summed E-state index contributed by atoms with van der Waals surface area (Å²) < 4.78 is 11.4. The van der Waals surface area contributed by atoms with Crippen molar-refractivity contribution in [2.75, 3.05) is 40.0 Å². The Morgan fingerprint density at radius 3 is 2.91 bits per heavy atom. The summed E-state index contributed by atoms with van der Waals surface area (Å²) in [4.78, 5) is 2.36. The predicted octanol–water partition coefficient (Wildman–Crippen LogP) is 2.10. The molecule has 0 bridgehead atoms. The molecule has 2 saturated heterocycles. The minimum absolute atomic E-state index is 0.266. The Labute approximate surface area is 133 Å². The molecular formula is C18H27NO3. The molecule has 1 aromatic carbocycles. The van der Waals surface area contributed by atoms with Crippen molar-refractivity contribution in [1.82, 2.24) is 4.90 Å². The van der Waals surface area contributed by atoms with Gasteiger partial charge in [0.2, 0.25) is 0 Å². The van der Waals surface area contributed by atoms with Gasteiger partial charge in [0, 0.05) is 6.54 Å². The van der Waals surface area contributed by atoms with Crippen molar-refractivity contribution < 1.29 is 14.6 Å². The molecule has 4 nitrogen and oxygen atoms in total. The van der Waals surface area contributed by atoms with Crippen molar-refractivity contribution in [1.29, 1.82) is 0 Å². The Kier molecular flexibility index (Phi) is 5.01. The largest absolute Gasteiger partial charge is 0.497 e. The number of benzene rings is 1. The first-order valence-electron chi connectivity index (χ1n) is 8.31. The molecule has 2 aliphatic rings. The maximum atomic E-state index is 9.05. The first-order valence-corrected chi connectivity index (χ1v) is 8.31. The van der Waals surface area contributed by atoms with Gasteiger partial charge in [0.25, 0.3) is 0 Å². The molecule has 0 aliphatic carbocycles. The topological polar surface area (TPSA) is 41.9 Å². The molecule has 3 rings (SSSR count). The minimum Gasteiger partial charge on any atom is -0.497 e. The summed E-state index contributed by atoms with van der Waals surface area (Å²) in [5.74, 6) is 0.919. The standard InChI is InChI=1S/C18H27NO3/c1-21-16-4-2-3-15(11-16)12-17-13-18(14-22-17)5-7-19(8-6-18)9-10-20/h2-4,11,17,20H,5-10,12-14H2,1H3/t17-/m1/s1. The summed E-state index contributed by atoms with van der Waals surface area (Å²) in [7, 11) is 1.71. The van der Waals surface area contributed by atoms with E-state index in [1.165, 1.54) is 18.4 Å². The molecule has 0 aromatic heterocycles. The second kappa shape index (κ2) is 6.99. The lowest BCUT2D eigenvalue weighted by molar-refractivity contribution is 0.0600. The number of ether oxygens (including phenoxy) is 2. The van der Waals surface area contributed by atoms with Crippen molar-refractivity contribution in [3.63, 3.8) is 0 Å². The molecule has 1 aromatic rings. The quantitative estimate of drug-likeness (QED) is 0.904. The summed E-state index contributed by atoms with van der Waals surface area (Å²) >= 11 is 0. The normalized spacial score (nSPS) is 24.7. The number of rotatable bonds is 5. The summed E-state index contributed by atoms with van der Waals surface area (Å²) in [5, 5.41) is 9.05. The number of methoxy groups -OCH3 is 1. The lowest BCUT2D eigenvalue weighted by atomic mass is 9.76. The molecule has 1 atom stereocenters. The molecule has 1 N–H and O–H groups in total. The van der Waals surface area contributed by atoms with Crippen LogP contribution in [0.4, 0.5) is 0 Å². The summed E-state index contributed by atoms with van der Waals surface area (Å²) in [6.07, 6.45) is 4.86. The highest BCUT2D eigenvalue weighted by molar-refractivity contribution is 5.29. The Balaban J connectivity index is 1.54. The van der Waals surface area contributed by atoms with E-state index in [1.807, 2.05) is 12.1 Å².